The second kappa shape index (κ2) is 9.48. The average molecular weight is 492 g/mol. The minimum absolute atomic E-state index is 0.00728. The molecule has 2 heterocycles. The molecule has 1 saturated heterocycles. The highest BCUT2D eigenvalue weighted by Gasteiger charge is 2.33. The highest BCUT2D eigenvalue weighted by atomic mass is 32.2. The van der Waals surface area contributed by atoms with Gasteiger partial charge in [-0.3, -0.25) is 9.59 Å². The molecule has 32 heavy (non-hydrogen) atoms. The summed E-state index contributed by atoms with van der Waals surface area (Å²) < 4.78 is 64.8. The van der Waals surface area contributed by atoms with E-state index in [1.807, 2.05) is 0 Å². The summed E-state index contributed by atoms with van der Waals surface area (Å²) in [6.07, 6.45) is 0.461. The maximum Gasteiger partial charge on any atom is 0.243 e. The number of nitrogens with one attached hydrogen (secondary N) is 2. The van der Waals surface area contributed by atoms with Crippen LogP contribution in [0.4, 0.5) is 18.9 Å². The molecule has 1 aliphatic rings. The summed E-state index contributed by atoms with van der Waals surface area (Å²) in [6.45, 7) is 1.05. The van der Waals surface area contributed by atoms with Crippen LogP contribution in [0.2, 0.25) is 0 Å². The van der Waals surface area contributed by atoms with Crippen LogP contribution in [-0.2, 0) is 26.5 Å². The van der Waals surface area contributed by atoms with Crippen LogP contribution in [0.3, 0.4) is 0 Å². The molecule has 14 heteroatoms. The summed E-state index contributed by atoms with van der Waals surface area (Å²) in [5.41, 5.74) is -0.550. The van der Waals surface area contributed by atoms with Gasteiger partial charge in [0.25, 0.3) is 0 Å². The standard InChI is InChI=1S/C18H20F3N5O4S2/c1-9(31-18-25-24-16(26(18)2)10-5-6-32(29,30)8-10)17(28)22-7-13(27)23-12-4-3-11(19)14(20)15(12)21/h3-4,9-10H,5-8H2,1-2H3,(H,22,28)(H,23,27)/t9-,10+/m1/s1. The van der Waals surface area contributed by atoms with E-state index in [0.717, 1.165) is 17.8 Å². The number of anilines is 1. The van der Waals surface area contributed by atoms with Gasteiger partial charge in [-0.15, -0.1) is 10.2 Å². The van der Waals surface area contributed by atoms with Gasteiger partial charge in [-0.2, -0.15) is 0 Å². The van der Waals surface area contributed by atoms with Crippen LogP contribution < -0.4 is 10.6 Å². The summed E-state index contributed by atoms with van der Waals surface area (Å²) in [4.78, 5) is 24.2. The van der Waals surface area contributed by atoms with Gasteiger partial charge in [0.1, 0.15) is 5.82 Å². The highest BCUT2D eigenvalue weighted by Crippen LogP contribution is 2.30. The minimum Gasteiger partial charge on any atom is -0.346 e. The third-order valence-corrected chi connectivity index (χ3v) is 7.75. The van der Waals surface area contributed by atoms with Gasteiger partial charge in [-0.05, 0) is 25.5 Å². The van der Waals surface area contributed by atoms with Crippen LogP contribution in [0.15, 0.2) is 17.3 Å². The first-order chi connectivity index (χ1) is 15.0. The molecule has 0 radical (unpaired) electrons. The summed E-state index contributed by atoms with van der Waals surface area (Å²) in [5.74, 6) is -5.62. The van der Waals surface area contributed by atoms with Crippen molar-refractivity contribution in [3.8, 4) is 0 Å². The molecular formula is C18H20F3N5O4S2. The van der Waals surface area contributed by atoms with Crippen molar-refractivity contribution in [1.29, 1.82) is 0 Å². The molecule has 2 atom stereocenters. The van der Waals surface area contributed by atoms with Crippen LogP contribution in [0.25, 0.3) is 0 Å². The third kappa shape index (κ3) is 5.41. The van der Waals surface area contributed by atoms with Crippen LogP contribution in [0.5, 0.6) is 0 Å². The predicted molar refractivity (Wildman–Crippen MR) is 110 cm³/mol. The molecule has 1 aromatic carbocycles. The van der Waals surface area contributed by atoms with Crippen molar-refractivity contribution in [2.75, 3.05) is 23.4 Å². The molecule has 2 N–H and O–H groups in total. The molecule has 9 nitrogen and oxygen atoms in total. The van der Waals surface area contributed by atoms with Gasteiger partial charge in [0.15, 0.2) is 32.4 Å². The number of thioether (sulfide) groups is 1. The van der Waals surface area contributed by atoms with Crippen molar-refractivity contribution in [2.45, 2.75) is 29.7 Å². The van der Waals surface area contributed by atoms with Crippen molar-refractivity contribution < 1.29 is 31.2 Å². The van der Waals surface area contributed by atoms with Gasteiger partial charge in [0.05, 0.1) is 29.0 Å². The molecule has 3 rings (SSSR count). The number of aromatic nitrogens is 3. The lowest BCUT2D eigenvalue weighted by Gasteiger charge is -2.13. The van der Waals surface area contributed by atoms with E-state index in [0.29, 0.717) is 23.5 Å². The number of amides is 2. The lowest BCUT2D eigenvalue weighted by Crippen LogP contribution is -2.37. The first kappa shape index (κ1) is 24.0. The molecule has 0 spiro atoms. The number of hydrogen-bond donors (Lipinski definition) is 2. The zero-order valence-electron chi connectivity index (χ0n) is 17.1. The van der Waals surface area contributed by atoms with E-state index in [1.165, 1.54) is 0 Å². The molecule has 1 aliphatic heterocycles. The van der Waals surface area contributed by atoms with E-state index < -0.39 is 56.6 Å². The molecule has 2 amide bonds. The Hall–Kier alpha value is -2.61. The van der Waals surface area contributed by atoms with E-state index in [4.69, 9.17) is 0 Å². The van der Waals surface area contributed by atoms with Crippen molar-refractivity contribution >= 4 is 39.1 Å². The largest absolute Gasteiger partial charge is 0.346 e. The van der Waals surface area contributed by atoms with Crippen molar-refractivity contribution in [2.24, 2.45) is 7.05 Å². The number of hydrogen-bond acceptors (Lipinski definition) is 7. The predicted octanol–water partition coefficient (Wildman–Crippen LogP) is 1.37. The summed E-state index contributed by atoms with van der Waals surface area (Å²) >= 11 is 1.06. The SMILES string of the molecule is C[C@@H](Sc1nnc([C@H]2CCS(=O)(=O)C2)n1C)C(=O)NCC(=O)Nc1ccc(F)c(F)c1F. The monoisotopic (exact) mass is 491 g/mol. The highest BCUT2D eigenvalue weighted by molar-refractivity contribution is 8.00. The Morgan fingerprint density at radius 2 is 1.97 bits per heavy atom. The van der Waals surface area contributed by atoms with Crippen LogP contribution >= 0.6 is 11.8 Å². The van der Waals surface area contributed by atoms with Crippen molar-refractivity contribution in [3.63, 3.8) is 0 Å². The van der Waals surface area contributed by atoms with Crippen molar-refractivity contribution in [1.82, 2.24) is 20.1 Å². The molecule has 0 saturated carbocycles. The summed E-state index contributed by atoms with van der Waals surface area (Å²) in [5, 5.41) is 12.2. The average Bonchev–Trinajstić information content (AvgIpc) is 3.28. The van der Waals surface area contributed by atoms with Gasteiger partial charge < -0.3 is 15.2 Å². The molecular weight excluding hydrogens is 471 g/mol. The fraction of sp³-hybridized carbons (Fsp3) is 0.444. The number of sulfone groups is 1. The number of benzene rings is 1. The quantitative estimate of drug-likeness (QED) is 0.443. The molecule has 2 aromatic rings. The fourth-order valence-electron chi connectivity index (χ4n) is 3.12. The summed E-state index contributed by atoms with van der Waals surface area (Å²) in [7, 11) is -1.41. The zero-order chi connectivity index (χ0) is 23.6. The maximum absolute atomic E-state index is 13.6. The fourth-order valence-corrected chi connectivity index (χ4v) is 5.71. The minimum atomic E-state index is -3.09. The maximum atomic E-state index is 13.6. The van der Waals surface area contributed by atoms with E-state index in [9.17, 15) is 31.2 Å². The van der Waals surface area contributed by atoms with Crippen molar-refractivity contribution in [3.05, 3.63) is 35.4 Å². The molecule has 174 valence electrons. The molecule has 1 aromatic heterocycles. The van der Waals surface area contributed by atoms with Crippen LogP contribution in [0, 0.1) is 17.5 Å². The van der Waals surface area contributed by atoms with E-state index >= 15 is 0 Å². The Labute approximate surface area is 186 Å². The van der Waals surface area contributed by atoms with E-state index in [2.05, 4.69) is 20.8 Å². The van der Waals surface area contributed by atoms with Gasteiger partial charge in [0.2, 0.25) is 11.8 Å². The lowest BCUT2D eigenvalue weighted by atomic mass is 10.1. The summed E-state index contributed by atoms with van der Waals surface area (Å²) in [6, 6.07) is 1.54. The Balaban J connectivity index is 1.53. The Bertz CT molecular complexity index is 1160. The number of rotatable bonds is 7. The first-order valence-corrected chi connectivity index (χ1v) is 12.2. The number of nitrogens with zero attached hydrogens (tertiary/aromatic N) is 3. The first-order valence-electron chi connectivity index (χ1n) is 9.46. The third-order valence-electron chi connectivity index (χ3n) is 4.85. The number of carbonyl (C=O) groups is 2. The van der Waals surface area contributed by atoms with Crippen LogP contribution in [0.1, 0.15) is 25.1 Å². The van der Waals surface area contributed by atoms with Crippen LogP contribution in [-0.4, -0.2) is 58.3 Å². The second-order valence-corrected chi connectivity index (χ2v) is 10.8. The normalized spacial score (nSPS) is 18.3. The van der Waals surface area contributed by atoms with E-state index in [1.54, 1.807) is 18.5 Å². The Kier molecular flexibility index (Phi) is 7.12. The molecule has 0 aliphatic carbocycles. The smallest absolute Gasteiger partial charge is 0.243 e. The zero-order valence-corrected chi connectivity index (χ0v) is 18.7. The molecule has 0 bridgehead atoms. The number of halogens is 3. The topological polar surface area (TPSA) is 123 Å². The van der Waals surface area contributed by atoms with Gasteiger partial charge >= 0.3 is 0 Å². The number of carbonyl (C=O) groups excluding carboxylic acids is 2. The van der Waals surface area contributed by atoms with Gasteiger partial charge in [-0.1, -0.05) is 11.8 Å². The van der Waals surface area contributed by atoms with E-state index in [-0.39, 0.29) is 17.4 Å². The van der Waals surface area contributed by atoms with Gasteiger partial charge in [0, 0.05) is 13.0 Å². The Morgan fingerprint density at radius 3 is 2.62 bits per heavy atom. The second-order valence-electron chi connectivity index (χ2n) is 7.25. The molecule has 1 fully saturated rings. The molecule has 0 unspecified atom stereocenters. The Morgan fingerprint density at radius 1 is 1.25 bits per heavy atom. The lowest BCUT2D eigenvalue weighted by molar-refractivity contribution is -0.123. The van der Waals surface area contributed by atoms with Gasteiger partial charge in [-0.25, -0.2) is 21.6 Å².